The molecule has 0 fully saturated rings. The maximum absolute atomic E-state index is 13.1. The predicted octanol–water partition coefficient (Wildman–Crippen LogP) is 24.2. The third kappa shape index (κ3) is 70.2. The van der Waals surface area contributed by atoms with Crippen molar-refractivity contribution in [3.8, 4) is 0 Å². The molecule has 0 heterocycles. The van der Waals surface area contributed by atoms with E-state index in [1.807, 2.05) is 27.2 Å². The van der Waals surface area contributed by atoms with Gasteiger partial charge in [-0.25, -0.2) is 0 Å². The zero-order chi connectivity index (χ0) is 62.6. The number of nitrogens with zero attached hydrogens (tertiary/aromatic N) is 1. The molecule has 3 unspecified atom stereocenters. The minimum atomic E-state index is -4.60. The number of amides is 1. The second kappa shape index (κ2) is 68.1. The van der Waals surface area contributed by atoms with Crippen molar-refractivity contribution < 1.29 is 32.9 Å². The van der Waals surface area contributed by atoms with Gasteiger partial charge in [0.2, 0.25) is 5.91 Å². The summed E-state index contributed by atoms with van der Waals surface area (Å²) in [5.74, 6) is -0.188. The van der Waals surface area contributed by atoms with Gasteiger partial charge < -0.3 is 28.8 Å². The van der Waals surface area contributed by atoms with E-state index in [1.165, 1.54) is 334 Å². The van der Waals surface area contributed by atoms with Crippen molar-refractivity contribution in [3.05, 3.63) is 36.5 Å². The molecule has 0 aliphatic carbocycles. The number of likely N-dealkylation sites (N-methyl/N-ethyl adjacent to an activating group) is 1. The standard InChI is InChI=1S/C77H151N2O6P/c1-6-8-10-12-14-16-18-20-22-24-26-28-30-32-34-36-37-38-39-40-41-43-45-47-49-51-53-55-57-59-61-63-65-67-69-71-77(81)78-75(74-85-86(82,83)84-73-72-79(3,4)5)76(80)70-68-66-64-62-60-58-56-54-52-50-48-46-44-42-35-33-31-29-27-25-23-21-19-17-15-13-11-9-7-2/h18,20,24,26,68,70,75-76,80H,6-17,19,21-23,25,27-67,69,71-74H2,1-5H3,(H-,78,81,82,83)/b20-18-,26-24-,70-68+. The van der Waals surface area contributed by atoms with Crippen LogP contribution in [0.5, 0.6) is 0 Å². The first-order valence-corrected chi connectivity index (χ1v) is 39.8. The Bertz CT molecular complexity index is 1500. The molecule has 9 heteroatoms. The lowest BCUT2D eigenvalue weighted by Crippen LogP contribution is -2.45. The zero-order valence-electron chi connectivity index (χ0n) is 58.5. The van der Waals surface area contributed by atoms with Gasteiger partial charge in [0, 0.05) is 6.42 Å². The molecular formula is C77H151N2O6P. The normalized spacial score (nSPS) is 13.7. The fourth-order valence-electron chi connectivity index (χ4n) is 11.9. The highest BCUT2D eigenvalue weighted by Gasteiger charge is 2.23. The van der Waals surface area contributed by atoms with Crippen LogP contribution in [0.3, 0.4) is 0 Å². The average Bonchev–Trinajstić information content (AvgIpc) is 3.70. The van der Waals surface area contributed by atoms with Crippen LogP contribution < -0.4 is 10.2 Å². The van der Waals surface area contributed by atoms with Crippen molar-refractivity contribution in [2.24, 2.45) is 0 Å². The van der Waals surface area contributed by atoms with Gasteiger partial charge in [0.25, 0.3) is 7.82 Å². The molecule has 0 aromatic carbocycles. The van der Waals surface area contributed by atoms with Gasteiger partial charge >= 0.3 is 0 Å². The molecule has 0 bridgehead atoms. The summed E-state index contributed by atoms with van der Waals surface area (Å²) in [5.41, 5.74) is 0. The van der Waals surface area contributed by atoms with E-state index in [-0.39, 0.29) is 19.1 Å². The minimum Gasteiger partial charge on any atom is -0.756 e. The van der Waals surface area contributed by atoms with Crippen molar-refractivity contribution in [2.75, 3.05) is 40.9 Å². The minimum absolute atomic E-state index is 0.00158. The molecule has 0 radical (unpaired) electrons. The summed E-state index contributed by atoms with van der Waals surface area (Å²) in [6.45, 7) is 4.71. The summed E-state index contributed by atoms with van der Waals surface area (Å²) in [4.78, 5) is 25.7. The number of quaternary nitrogens is 1. The first kappa shape index (κ1) is 84.7. The van der Waals surface area contributed by atoms with Gasteiger partial charge in [-0.15, -0.1) is 0 Å². The average molecular weight is 1230 g/mol. The molecule has 0 aliphatic rings. The highest BCUT2D eigenvalue weighted by atomic mass is 31.2. The summed E-state index contributed by atoms with van der Waals surface area (Å²) in [6.07, 6.45) is 91.5. The molecule has 0 aliphatic heterocycles. The lowest BCUT2D eigenvalue weighted by atomic mass is 10.0. The number of nitrogens with one attached hydrogen (secondary N) is 1. The Kier molecular flexibility index (Phi) is 67.1. The van der Waals surface area contributed by atoms with E-state index in [2.05, 4.69) is 43.5 Å². The number of phosphoric ester groups is 1. The van der Waals surface area contributed by atoms with Gasteiger partial charge in [-0.1, -0.05) is 378 Å². The van der Waals surface area contributed by atoms with E-state index in [9.17, 15) is 19.4 Å². The van der Waals surface area contributed by atoms with E-state index in [4.69, 9.17) is 9.05 Å². The number of aliphatic hydroxyl groups excluding tert-OH is 1. The fraction of sp³-hybridized carbons (Fsp3) is 0.909. The van der Waals surface area contributed by atoms with Crippen molar-refractivity contribution in [1.29, 1.82) is 0 Å². The third-order valence-corrected chi connectivity index (χ3v) is 18.8. The predicted molar refractivity (Wildman–Crippen MR) is 376 cm³/mol. The Balaban J connectivity index is 3.97. The van der Waals surface area contributed by atoms with E-state index in [0.29, 0.717) is 17.4 Å². The Hall–Kier alpha value is -1.28. The summed E-state index contributed by atoms with van der Waals surface area (Å²) in [6, 6.07) is -0.887. The second-order valence-electron chi connectivity index (χ2n) is 27.7. The number of phosphoric acid groups is 1. The summed E-state index contributed by atoms with van der Waals surface area (Å²) in [7, 11) is 1.28. The van der Waals surface area contributed by atoms with Gasteiger partial charge in [-0.05, 0) is 51.4 Å². The first-order valence-electron chi connectivity index (χ1n) is 38.4. The van der Waals surface area contributed by atoms with Crippen molar-refractivity contribution in [3.63, 3.8) is 0 Å². The molecule has 0 aromatic rings. The van der Waals surface area contributed by atoms with Crippen LogP contribution in [0.4, 0.5) is 0 Å². The molecule has 3 atom stereocenters. The largest absolute Gasteiger partial charge is 0.756 e. The Labute approximate surface area is 537 Å². The van der Waals surface area contributed by atoms with Gasteiger partial charge in [0.1, 0.15) is 13.2 Å². The number of rotatable bonds is 72. The maximum atomic E-state index is 13.1. The molecule has 1 amide bonds. The van der Waals surface area contributed by atoms with Crippen molar-refractivity contribution in [1.82, 2.24) is 5.32 Å². The van der Waals surface area contributed by atoms with Crippen molar-refractivity contribution in [2.45, 2.75) is 411 Å². The quantitative estimate of drug-likeness (QED) is 0.0272. The Morgan fingerprint density at radius 3 is 0.965 bits per heavy atom. The SMILES string of the molecule is CCCCCCC/C=C\C/C=C\CCCCCCCCCCCCCCCCCCCCCCCCCC(=O)NC(COP(=O)([O-])OCC[N+](C)(C)C)C(O)/C=C/CCCCCCCCCCCCCCCCCCCCCCCCCCCCC. The Morgan fingerprint density at radius 1 is 0.407 bits per heavy atom. The molecule has 0 saturated carbocycles. The molecule has 0 saturated heterocycles. The second-order valence-corrected chi connectivity index (χ2v) is 29.1. The summed E-state index contributed by atoms with van der Waals surface area (Å²) >= 11 is 0. The van der Waals surface area contributed by atoms with E-state index >= 15 is 0 Å². The molecular weight excluding hydrogens is 1080 g/mol. The number of unbranched alkanes of at least 4 members (excludes halogenated alkanes) is 55. The van der Waals surface area contributed by atoms with Gasteiger partial charge in [-0.3, -0.25) is 9.36 Å². The fourth-order valence-corrected chi connectivity index (χ4v) is 12.6. The number of hydrogen-bond acceptors (Lipinski definition) is 6. The first-order chi connectivity index (χ1) is 42.0. The zero-order valence-corrected chi connectivity index (χ0v) is 59.4. The monoisotopic (exact) mass is 1230 g/mol. The van der Waals surface area contributed by atoms with Crippen molar-refractivity contribution >= 4 is 13.7 Å². The summed E-state index contributed by atoms with van der Waals surface area (Å²) < 4.78 is 23.5. The molecule has 8 nitrogen and oxygen atoms in total. The smallest absolute Gasteiger partial charge is 0.268 e. The maximum Gasteiger partial charge on any atom is 0.268 e. The molecule has 2 N–H and O–H groups in total. The van der Waals surface area contributed by atoms with E-state index in [1.54, 1.807) is 6.08 Å². The van der Waals surface area contributed by atoms with Crippen LogP contribution in [0.2, 0.25) is 0 Å². The van der Waals surface area contributed by atoms with Gasteiger partial charge in [0.15, 0.2) is 0 Å². The van der Waals surface area contributed by atoms with Gasteiger partial charge in [-0.2, -0.15) is 0 Å². The van der Waals surface area contributed by atoms with Crippen LogP contribution in [0.15, 0.2) is 36.5 Å². The van der Waals surface area contributed by atoms with Gasteiger partial charge in [0.05, 0.1) is 39.9 Å². The molecule has 0 spiro atoms. The topological polar surface area (TPSA) is 108 Å². The van der Waals surface area contributed by atoms with Crippen LogP contribution in [0.25, 0.3) is 0 Å². The number of hydrogen-bond donors (Lipinski definition) is 2. The number of carbonyl (C=O) groups is 1. The molecule has 510 valence electrons. The Morgan fingerprint density at radius 2 is 0.674 bits per heavy atom. The molecule has 0 rings (SSSR count). The highest BCUT2D eigenvalue weighted by molar-refractivity contribution is 7.45. The van der Waals surface area contributed by atoms with Crippen LogP contribution in [-0.2, 0) is 18.4 Å². The van der Waals surface area contributed by atoms with E-state index in [0.717, 1.165) is 44.9 Å². The van der Waals surface area contributed by atoms with Crippen LogP contribution in [-0.4, -0.2) is 68.5 Å². The van der Waals surface area contributed by atoms with Crippen LogP contribution in [0.1, 0.15) is 399 Å². The number of aliphatic hydroxyl groups is 1. The lowest BCUT2D eigenvalue weighted by molar-refractivity contribution is -0.870. The molecule has 86 heavy (non-hydrogen) atoms. The van der Waals surface area contributed by atoms with Crippen LogP contribution in [0, 0.1) is 0 Å². The highest BCUT2D eigenvalue weighted by Crippen LogP contribution is 2.38. The third-order valence-electron chi connectivity index (χ3n) is 17.8. The number of carbonyl (C=O) groups excluding carboxylic acids is 1. The van der Waals surface area contributed by atoms with Crippen LogP contribution >= 0.6 is 7.82 Å². The number of allylic oxidation sites excluding steroid dienone is 5. The molecule has 0 aromatic heterocycles. The lowest BCUT2D eigenvalue weighted by Gasteiger charge is -2.29. The summed E-state index contributed by atoms with van der Waals surface area (Å²) in [5, 5.41) is 14.0. The van der Waals surface area contributed by atoms with E-state index < -0.39 is 20.0 Å².